The summed E-state index contributed by atoms with van der Waals surface area (Å²) in [5.74, 6) is 0.781. The molecule has 0 spiro atoms. The number of fused-ring (bicyclic) bond motifs is 1. The molecular formula is C14H14N4O. The molecule has 0 radical (unpaired) electrons. The van der Waals surface area contributed by atoms with Gasteiger partial charge in [-0.25, -0.2) is 4.68 Å². The summed E-state index contributed by atoms with van der Waals surface area (Å²) in [6.07, 6.45) is 3.46. The molecule has 0 saturated heterocycles. The zero-order chi connectivity index (χ0) is 13.2. The fourth-order valence-corrected chi connectivity index (χ4v) is 2.14. The first-order valence-electron chi connectivity index (χ1n) is 6.19. The number of anilines is 2. The van der Waals surface area contributed by atoms with E-state index in [9.17, 15) is 4.79 Å². The number of aromatic nitrogens is 2. The van der Waals surface area contributed by atoms with Gasteiger partial charge in [0.1, 0.15) is 5.82 Å². The number of nitrogens with zero attached hydrogens (tertiary/aromatic N) is 2. The van der Waals surface area contributed by atoms with Gasteiger partial charge < -0.3 is 10.6 Å². The monoisotopic (exact) mass is 254 g/mol. The highest BCUT2D eigenvalue weighted by atomic mass is 16.2. The predicted molar refractivity (Wildman–Crippen MR) is 74.6 cm³/mol. The van der Waals surface area contributed by atoms with Gasteiger partial charge in [0.05, 0.1) is 11.8 Å². The molecule has 0 fully saturated rings. The van der Waals surface area contributed by atoms with E-state index in [2.05, 4.69) is 15.7 Å². The number of carbonyl (C=O) groups is 1. The van der Waals surface area contributed by atoms with Gasteiger partial charge in [0, 0.05) is 30.1 Å². The third-order valence-corrected chi connectivity index (χ3v) is 3.09. The largest absolute Gasteiger partial charge is 0.346 e. The summed E-state index contributed by atoms with van der Waals surface area (Å²) < 4.78 is 1.83. The van der Waals surface area contributed by atoms with Crippen molar-refractivity contribution in [2.75, 3.05) is 10.6 Å². The van der Waals surface area contributed by atoms with Gasteiger partial charge in [-0.15, -0.1) is 0 Å². The number of amides is 1. The van der Waals surface area contributed by atoms with Gasteiger partial charge in [-0.2, -0.15) is 5.10 Å². The van der Waals surface area contributed by atoms with Crippen molar-refractivity contribution in [3.8, 4) is 0 Å². The molecule has 1 amide bonds. The van der Waals surface area contributed by atoms with E-state index in [0.29, 0.717) is 5.57 Å². The minimum absolute atomic E-state index is 0.0868. The predicted octanol–water partition coefficient (Wildman–Crippen LogP) is 2.31. The van der Waals surface area contributed by atoms with Gasteiger partial charge in [0.15, 0.2) is 0 Å². The number of rotatable bonds is 3. The number of hydrogen-bond donors (Lipinski definition) is 2. The normalized spacial score (nSPS) is 15.4. The molecule has 5 heteroatoms. The highest BCUT2D eigenvalue weighted by Gasteiger charge is 2.23. The third kappa shape index (κ3) is 1.99. The lowest BCUT2D eigenvalue weighted by atomic mass is 10.1. The topological polar surface area (TPSA) is 59.0 Å². The summed E-state index contributed by atoms with van der Waals surface area (Å²) in [6, 6.07) is 9.52. The van der Waals surface area contributed by atoms with Crippen molar-refractivity contribution < 1.29 is 4.79 Å². The number of aryl methyl sites for hydroxylation is 1. The smallest absolute Gasteiger partial charge is 0.257 e. The van der Waals surface area contributed by atoms with Crippen LogP contribution in [-0.2, 0) is 11.3 Å². The Kier molecular flexibility index (Phi) is 2.79. The van der Waals surface area contributed by atoms with E-state index in [-0.39, 0.29) is 5.91 Å². The van der Waals surface area contributed by atoms with Crippen LogP contribution >= 0.6 is 0 Å². The van der Waals surface area contributed by atoms with E-state index in [4.69, 9.17) is 0 Å². The van der Waals surface area contributed by atoms with Crippen LogP contribution < -0.4 is 10.6 Å². The molecule has 2 heterocycles. The fourth-order valence-electron chi connectivity index (χ4n) is 2.14. The second kappa shape index (κ2) is 4.61. The van der Waals surface area contributed by atoms with Crippen molar-refractivity contribution in [3.05, 3.63) is 48.3 Å². The molecule has 96 valence electrons. The average Bonchev–Trinajstić information content (AvgIpc) is 2.99. The van der Waals surface area contributed by atoms with Crippen LogP contribution in [0, 0.1) is 0 Å². The molecule has 0 atom stereocenters. The van der Waals surface area contributed by atoms with Gasteiger partial charge in [-0.3, -0.25) is 4.79 Å². The van der Waals surface area contributed by atoms with E-state index < -0.39 is 0 Å². The van der Waals surface area contributed by atoms with Gasteiger partial charge in [-0.05, 0) is 13.0 Å². The Hall–Kier alpha value is -2.56. The average molecular weight is 254 g/mol. The van der Waals surface area contributed by atoms with Crippen molar-refractivity contribution >= 4 is 23.0 Å². The second-order valence-electron chi connectivity index (χ2n) is 4.23. The molecule has 19 heavy (non-hydrogen) atoms. The molecule has 2 N–H and O–H groups in total. The van der Waals surface area contributed by atoms with E-state index in [0.717, 1.165) is 23.6 Å². The van der Waals surface area contributed by atoms with E-state index in [1.165, 1.54) is 0 Å². The maximum Gasteiger partial charge on any atom is 0.257 e. The molecular weight excluding hydrogens is 240 g/mol. The van der Waals surface area contributed by atoms with Crippen molar-refractivity contribution in [2.45, 2.75) is 13.5 Å². The van der Waals surface area contributed by atoms with Crippen LogP contribution in [0.5, 0.6) is 0 Å². The van der Waals surface area contributed by atoms with Gasteiger partial charge in [-0.1, -0.05) is 18.2 Å². The number of nitrogens with one attached hydrogen (secondary N) is 2. The lowest BCUT2D eigenvalue weighted by Gasteiger charge is -2.04. The Balaban J connectivity index is 1.90. The number of hydrogen-bond acceptors (Lipinski definition) is 3. The standard InChI is InChI=1S/C14H14N4O/c1-2-18-13(7-8-16-18)15-9-11-10-5-3-4-6-12(10)17-14(11)19/h3-9,15H,2H2,1H3,(H,17,19). The minimum Gasteiger partial charge on any atom is -0.346 e. The first-order valence-corrected chi connectivity index (χ1v) is 6.19. The summed E-state index contributed by atoms with van der Waals surface area (Å²) >= 11 is 0. The van der Waals surface area contributed by atoms with Crippen LogP contribution in [-0.4, -0.2) is 15.7 Å². The molecule has 0 aliphatic carbocycles. The van der Waals surface area contributed by atoms with Gasteiger partial charge >= 0.3 is 0 Å². The quantitative estimate of drug-likeness (QED) is 0.826. The maximum atomic E-state index is 11.9. The van der Waals surface area contributed by atoms with Crippen molar-refractivity contribution in [1.29, 1.82) is 0 Å². The number of carbonyl (C=O) groups excluding carboxylic acids is 1. The Bertz CT molecular complexity index is 657. The Morgan fingerprint density at radius 1 is 1.37 bits per heavy atom. The zero-order valence-electron chi connectivity index (χ0n) is 10.6. The number of para-hydroxylation sites is 1. The Morgan fingerprint density at radius 2 is 2.21 bits per heavy atom. The van der Waals surface area contributed by atoms with Gasteiger partial charge in [0.25, 0.3) is 5.91 Å². The molecule has 2 aromatic rings. The molecule has 0 unspecified atom stereocenters. The molecule has 1 aromatic heterocycles. The van der Waals surface area contributed by atoms with Crippen molar-refractivity contribution in [2.24, 2.45) is 0 Å². The summed E-state index contributed by atoms with van der Waals surface area (Å²) in [7, 11) is 0. The zero-order valence-corrected chi connectivity index (χ0v) is 10.6. The van der Waals surface area contributed by atoms with Crippen molar-refractivity contribution in [1.82, 2.24) is 9.78 Å². The van der Waals surface area contributed by atoms with E-state index >= 15 is 0 Å². The first-order chi connectivity index (χ1) is 9.29. The molecule has 1 aromatic carbocycles. The Labute approximate surface area is 110 Å². The summed E-state index contributed by atoms with van der Waals surface area (Å²) in [6.45, 7) is 2.80. The third-order valence-electron chi connectivity index (χ3n) is 3.09. The van der Waals surface area contributed by atoms with Crippen LogP contribution in [0.15, 0.2) is 42.7 Å². The van der Waals surface area contributed by atoms with Crippen LogP contribution in [0.3, 0.4) is 0 Å². The van der Waals surface area contributed by atoms with Gasteiger partial charge in [0.2, 0.25) is 0 Å². The summed E-state index contributed by atoms with van der Waals surface area (Å²) in [5.41, 5.74) is 2.41. The molecule has 0 saturated carbocycles. The second-order valence-corrected chi connectivity index (χ2v) is 4.23. The first kappa shape index (κ1) is 11.5. The minimum atomic E-state index is -0.0868. The highest BCUT2D eigenvalue weighted by molar-refractivity contribution is 6.31. The lowest BCUT2D eigenvalue weighted by Crippen LogP contribution is -2.07. The molecule has 3 rings (SSSR count). The summed E-state index contributed by atoms with van der Waals surface area (Å²) in [4.78, 5) is 11.9. The van der Waals surface area contributed by atoms with Crippen LogP contribution in [0.25, 0.3) is 5.57 Å². The highest BCUT2D eigenvalue weighted by Crippen LogP contribution is 2.30. The van der Waals surface area contributed by atoms with Crippen LogP contribution in [0.1, 0.15) is 12.5 Å². The molecule has 0 bridgehead atoms. The van der Waals surface area contributed by atoms with Crippen LogP contribution in [0.2, 0.25) is 0 Å². The van der Waals surface area contributed by atoms with Crippen molar-refractivity contribution in [3.63, 3.8) is 0 Å². The Morgan fingerprint density at radius 3 is 3.05 bits per heavy atom. The summed E-state index contributed by atoms with van der Waals surface area (Å²) in [5, 5.41) is 10.1. The van der Waals surface area contributed by atoms with E-state index in [1.54, 1.807) is 12.4 Å². The molecule has 5 nitrogen and oxygen atoms in total. The molecule has 1 aliphatic rings. The SMILES string of the molecule is CCn1nccc1NC=C1C(=O)Nc2ccccc21. The number of benzene rings is 1. The fraction of sp³-hybridized carbons (Fsp3) is 0.143. The van der Waals surface area contributed by atoms with E-state index in [1.807, 2.05) is 41.9 Å². The van der Waals surface area contributed by atoms with Crippen LogP contribution in [0.4, 0.5) is 11.5 Å². The maximum absolute atomic E-state index is 11.9. The lowest BCUT2D eigenvalue weighted by molar-refractivity contribution is -0.110. The molecule has 1 aliphatic heterocycles.